The highest BCUT2D eigenvalue weighted by Gasteiger charge is 2.28. The first kappa shape index (κ1) is 15.2. The molecule has 20 heavy (non-hydrogen) atoms. The van der Waals surface area contributed by atoms with Gasteiger partial charge in [0.05, 0.1) is 0 Å². The second-order valence-electron chi connectivity index (χ2n) is 5.65. The molecule has 3 nitrogen and oxygen atoms in total. The van der Waals surface area contributed by atoms with Crippen molar-refractivity contribution < 1.29 is 4.79 Å². The van der Waals surface area contributed by atoms with Gasteiger partial charge in [0.15, 0.2) is 0 Å². The molecule has 1 aromatic carbocycles. The number of hydrogen-bond donors (Lipinski definition) is 1. The van der Waals surface area contributed by atoms with Crippen LogP contribution in [0, 0.1) is 0 Å². The number of piperidine rings is 1. The van der Waals surface area contributed by atoms with Crippen molar-refractivity contribution in [3.05, 3.63) is 34.9 Å². The monoisotopic (exact) mass is 294 g/mol. The lowest BCUT2D eigenvalue weighted by atomic mass is 9.98. The number of halogens is 1. The fourth-order valence-corrected chi connectivity index (χ4v) is 3.13. The Hall–Kier alpha value is -1.22. The van der Waals surface area contributed by atoms with Gasteiger partial charge in [-0.3, -0.25) is 0 Å². The van der Waals surface area contributed by atoms with Gasteiger partial charge in [-0.2, -0.15) is 0 Å². The van der Waals surface area contributed by atoms with Crippen molar-refractivity contribution in [1.82, 2.24) is 10.2 Å². The maximum Gasteiger partial charge on any atom is 0.317 e. The maximum absolute atomic E-state index is 12.3. The van der Waals surface area contributed by atoms with Gasteiger partial charge in [-0.15, -0.1) is 0 Å². The highest BCUT2D eigenvalue weighted by molar-refractivity contribution is 6.30. The lowest BCUT2D eigenvalue weighted by Crippen LogP contribution is -2.52. The summed E-state index contributed by atoms with van der Waals surface area (Å²) in [5, 5.41) is 3.77. The minimum Gasteiger partial charge on any atom is -0.338 e. The molecule has 1 N–H and O–H groups in total. The summed E-state index contributed by atoms with van der Waals surface area (Å²) in [6.07, 6.45) is 4.23. The van der Waals surface area contributed by atoms with Gasteiger partial charge in [0.25, 0.3) is 0 Å². The highest BCUT2D eigenvalue weighted by atomic mass is 35.5. The van der Waals surface area contributed by atoms with Gasteiger partial charge in [0.1, 0.15) is 0 Å². The molecule has 4 heteroatoms. The molecule has 2 unspecified atom stereocenters. The SMILES string of the molecule is CC1CCCC(C)N1C(=O)NCCc1cccc(Cl)c1. The first-order chi connectivity index (χ1) is 9.58. The number of benzene rings is 1. The minimum absolute atomic E-state index is 0.0618. The molecule has 0 aliphatic carbocycles. The van der Waals surface area contributed by atoms with E-state index < -0.39 is 0 Å². The topological polar surface area (TPSA) is 32.3 Å². The van der Waals surface area contributed by atoms with Crippen molar-refractivity contribution in [2.75, 3.05) is 6.54 Å². The number of carbonyl (C=O) groups is 1. The van der Waals surface area contributed by atoms with E-state index in [0.29, 0.717) is 18.6 Å². The number of nitrogens with one attached hydrogen (secondary N) is 1. The molecule has 110 valence electrons. The Balaban J connectivity index is 1.82. The fraction of sp³-hybridized carbons (Fsp3) is 0.562. The zero-order valence-corrected chi connectivity index (χ0v) is 13.0. The van der Waals surface area contributed by atoms with Crippen LogP contribution in [0.25, 0.3) is 0 Å². The van der Waals surface area contributed by atoms with Crippen molar-refractivity contribution in [2.45, 2.75) is 51.6 Å². The smallest absolute Gasteiger partial charge is 0.317 e. The first-order valence-electron chi connectivity index (χ1n) is 7.38. The van der Waals surface area contributed by atoms with Crippen LogP contribution in [-0.2, 0) is 6.42 Å². The molecule has 1 aromatic rings. The van der Waals surface area contributed by atoms with Gasteiger partial charge >= 0.3 is 6.03 Å². The molecule has 1 aliphatic heterocycles. The van der Waals surface area contributed by atoms with E-state index >= 15 is 0 Å². The minimum atomic E-state index is 0.0618. The quantitative estimate of drug-likeness (QED) is 0.902. The Labute approximate surface area is 126 Å². The average Bonchev–Trinajstić information content (AvgIpc) is 2.38. The van der Waals surface area contributed by atoms with E-state index in [-0.39, 0.29) is 6.03 Å². The van der Waals surface area contributed by atoms with Gasteiger partial charge in [0, 0.05) is 23.7 Å². The summed E-state index contributed by atoms with van der Waals surface area (Å²) in [6.45, 7) is 4.91. The molecule has 1 fully saturated rings. The molecule has 0 saturated carbocycles. The number of rotatable bonds is 3. The largest absolute Gasteiger partial charge is 0.338 e. The Morgan fingerprint density at radius 2 is 2.05 bits per heavy atom. The van der Waals surface area contributed by atoms with Crippen LogP contribution < -0.4 is 5.32 Å². The number of urea groups is 1. The van der Waals surface area contributed by atoms with Gasteiger partial charge in [0.2, 0.25) is 0 Å². The molecule has 2 rings (SSSR count). The zero-order valence-electron chi connectivity index (χ0n) is 12.2. The molecule has 0 radical (unpaired) electrons. The summed E-state index contributed by atoms with van der Waals surface area (Å²) in [5.41, 5.74) is 1.15. The molecular formula is C16H23ClN2O. The van der Waals surface area contributed by atoms with E-state index in [1.807, 2.05) is 29.2 Å². The molecule has 0 aromatic heterocycles. The number of nitrogens with zero attached hydrogens (tertiary/aromatic N) is 1. The third-order valence-electron chi connectivity index (χ3n) is 4.01. The molecule has 1 heterocycles. The molecule has 0 spiro atoms. The Bertz CT molecular complexity index is 454. The normalized spacial score (nSPS) is 22.6. The Morgan fingerprint density at radius 3 is 2.70 bits per heavy atom. The Kier molecular flexibility index (Phi) is 5.30. The highest BCUT2D eigenvalue weighted by Crippen LogP contribution is 2.22. The van der Waals surface area contributed by atoms with E-state index in [1.165, 1.54) is 6.42 Å². The lowest BCUT2D eigenvalue weighted by Gasteiger charge is -2.38. The van der Waals surface area contributed by atoms with Crippen LogP contribution in [0.4, 0.5) is 4.79 Å². The predicted octanol–water partition coefficient (Wildman–Crippen LogP) is 3.86. The van der Waals surface area contributed by atoms with Crippen LogP contribution in [0.3, 0.4) is 0 Å². The second kappa shape index (κ2) is 6.98. The first-order valence-corrected chi connectivity index (χ1v) is 7.76. The van der Waals surface area contributed by atoms with Crippen LogP contribution >= 0.6 is 11.6 Å². The van der Waals surface area contributed by atoms with Gasteiger partial charge in [-0.1, -0.05) is 23.7 Å². The summed E-state index contributed by atoms with van der Waals surface area (Å²) in [7, 11) is 0. The van der Waals surface area contributed by atoms with Crippen molar-refractivity contribution in [1.29, 1.82) is 0 Å². The van der Waals surface area contributed by atoms with Crippen LogP contribution in [0.15, 0.2) is 24.3 Å². The lowest BCUT2D eigenvalue weighted by molar-refractivity contribution is 0.123. The molecule has 2 amide bonds. The molecule has 1 aliphatic rings. The molecular weight excluding hydrogens is 272 g/mol. The van der Waals surface area contributed by atoms with E-state index in [0.717, 1.165) is 29.8 Å². The zero-order chi connectivity index (χ0) is 14.5. The van der Waals surface area contributed by atoms with E-state index in [2.05, 4.69) is 19.2 Å². The van der Waals surface area contributed by atoms with Crippen molar-refractivity contribution >= 4 is 17.6 Å². The summed E-state index contributed by atoms with van der Waals surface area (Å²) < 4.78 is 0. The van der Waals surface area contributed by atoms with Gasteiger partial charge in [-0.25, -0.2) is 4.79 Å². The fourth-order valence-electron chi connectivity index (χ4n) is 2.92. The molecule has 1 saturated heterocycles. The summed E-state index contributed by atoms with van der Waals surface area (Å²) in [5.74, 6) is 0. The van der Waals surface area contributed by atoms with E-state index in [4.69, 9.17) is 11.6 Å². The number of carbonyl (C=O) groups excluding carboxylic acids is 1. The van der Waals surface area contributed by atoms with Crippen LogP contribution in [0.2, 0.25) is 5.02 Å². The van der Waals surface area contributed by atoms with Crippen LogP contribution in [-0.4, -0.2) is 29.6 Å². The van der Waals surface area contributed by atoms with E-state index in [1.54, 1.807) is 0 Å². The van der Waals surface area contributed by atoms with Gasteiger partial charge < -0.3 is 10.2 Å². The van der Waals surface area contributed by atoms with Crippen LogP contribution in [0.5, 0.6) is 0 Å². The van der Waals surface area contributed by atoms with Crippen molar-refractivity contribution in [2.24, 2.45) is 0 Å². The van der Waals surface area contributed by atoms with E-state index in [9.17, 15) is 4.79 Å². The Morgan fingerprint density at radius 1 is 1.35 bits per heavy atom. The molecule has 0 bridgehead atoms. The summed E-state index contributed by atoms with van der Waals surface area (Å²) in [4.78, 5) is 14.3. The van der Waals surface area contributed by atoms with Crippen molar-refractivity contribution in [3.63, 3.8) is 0 Å². The van der Waals surface area contributed by atoms with Crippen LogP contribution in [0.1, 0.15) is 38.7 Å². The summed E-state index contributed by atoms with van der Waals surface area (Å²) in [6, 6.07) is 8.51. The predicted molar refractivity (Wildman–Crippen MR) is 83.2 cm³/mol. The number of hydrogen-bond acceptors (Lipinski definition) is 1. The number of amides is 2. The third kappa shape index (κ3) is 3.89. The average molecular weight is 295 g/mol. The third-order valence-corrected chi connectivity index (χ3v) is 4.24. The second-order valence-corrected chi connectivity index (χ2v) is 6.08. The van der Waals surface area contributed by atoms with Crippen molar-refractivity contribution in [3.8, 4) is 0 Å². The number of likely N-dealkylation sites (tertiary alicyclic amines) is 1. The van der Waals surface area contributed by atoms with Gasteiger partial charge in [-0.05, 0) is 57.2 Å². The maximum atomic E-state index is 12.3. The summed E-state index contributed by atoms with van der Waals surface area (Å²) >= 11 is 5.95. The standard InChI is InChI=1S/C16H23ClN2O/c1-12-5-3-6-13(2)19(12)16(20)18-10-9-14-7-4-8-15(17)11-14/h4,7-8,11-13H,3,5-6,9-10H2,1-2H3,(H,18,20). The molecule has 2 atom stereocenters.